The Hall–Kier alpha value is -1.75. The lowest BCUT2D eigenvalue weighted by Gasteiger charge is -2.22. The van der Waals surface area contributed by atoms with Crippen LogP contribution in [0.4, 0.5) is 5.69 Å². The van der Waals surface area contributed by atoms with E-state index in [4.69, 9.17) is 21.1 Å². The molecule has 6 heteroatoms. The number of hydrogen-bond donors (Lipinski definition) is 0. The van der Waals surface area contributed by atoms with Crippen LogP contribution in [0.15, 0.2) is 18.2 Å². The predicted octanol–water partition coefficient (Wildman–Crippen LogP) is 1.68. The van der Waals surface area contributed by atoms with Crippen LogP contribution in [0.3, 0.4) is 0 Å². The Kier molecular flexibility index (Phi) is 2.63. The first-order valence-corrected chi connectivity index (χ1v) is 5.95. The van der Waals surface area contributed by atoms with Crippen molar-refractivity contribution in [2.45, 2.75) is 18.9 Å². The molecule has 2 aliphatic rings. The van der Waals surface area contributed by atoms with Gasteiger partial charge in [-0.1, -0.05) is 0 Å². The van der Waals surface area contributed by atoms with Crippen molar-refractivity contribution in [3.8, 4) is 11.5 Å². The lowest BCUT2D eigenvalue weighted by Crippen LogP contribution is -2.36. The van der Waals surface area contributed by atoms with Crippen molar-refractivity contribution in [2.24, 2.45) is 0 Å². The summed E-state index contributed by atoms with van der Waals surface area (Å²) in [5, 5.41) is -0.515. The van der Waals surface area contributed by atoms with Gasteiger partial charge in [-0.15, -0.1) is 0 Å². The minimum Gasteiger partial charge on any atom is -0.454 e. The summed E-state index contributed by atoms with van der Waals surface area (Å²) in [6.45, 7) is 0.171. The van der Waals surface area contributed by atoms with Crippen LogP contribution in [0.5, 0.6) is 11.5 Å². The van der Waals surface area contributed by atoms with E-state index >= 15 is 0 Å². The van der Waals surface area contributed by atoms with Crippen molar-refractivity contribution in [3.05, 3.63) is 18.2 Å². The van der Waals surface area contributed by atoms with Gasteiger partial charge in [-0.3, -0.25) is 9.59 Å². The summed E-state index contributed by atoms with van der Waals surface area (Å²) < 4.78 is 10.5. The standard InChI is InChI=1S/C12H10ClNO4/c13-12(16)8-2-4-11(15)14(8)7-1-3-9-10(5-7)18-6-17-9/h1,3,5,8H,2,4,6H2/t8-/m0/s1. The third kappa shape index (κ3) is 1.71. The van der Waals surface area contributed by atoms with Gasteiger partial charge >= 0.3 is 0 Å². The van der Waals surface area contributed by atoms with Gasteiger partial charge < -0.3 is 14.4 Å². The quantitative estimate of drug-likeness (QED) is 0.765. The van der Waals surface area contributed by atoms with E-state index in [0.29, 0.717) is 30.0 Å². The summed E-state index contributed by atoms with van der Waals surface area (Å²) in [5.41, 5.74) is 0.612. The molecule has 1 aromatic rings. The Morgan fingerprint density at radius 1 is 1.33 bits per heavy atom. The Balaban J connectivity index is 1.98. The van der Waals surface area contributed by atoms with Crippen LogP contribution in [0.1, 0.15) is 12.8 Å². The molecule has 0 aromatic heterocycles. The molecule has 2 heterocycles. The molecule has 1 aromatic carbocycles. The topological polar surface area (TPSA) is 55.8 Å². The lowest BCUT2D eigenvalue weighted by atomic mass is 10.2. The number of carbonyl (C=O) groups excluding carboxylic acids is 2. The molecule has 2 aliphatic heterocycles. The van der Waals surface area contributed by atoms with Crippen molar-refractivity contribution in [2.75, 3.05) is 11.7 Å². The highest BCUT2D eigenvalue weighted by Gasteiger charge is 2.36. The highest BCUT2D eigenvalue weighted by Crippen LogP contribution is 2.38. The molecule has 1 saturated heterocycles. The van der Waals surface area contributed by atoms with Crippen LogP contribution < -0.4 is 14.4 Å². The smallest absolute Gasteiger partial charge is 0.244 e. The number of anilines is 1. The second-order valence-electron chi connectivity index (χ2n) is 4.16. The van der Waals surface area contributed by atoms with Crippen LogP contribution >= 0.6 is 11.6 Å². The van der Waals surface area contributed by atoms with Crippen LogP contribution in [0, 0.1) is 0 Å². The molecule has 1 amide bonds. The van der Waals surface area contributed by atoms with Crippen molar-refractivity contribution in [1.29, 1.82) is 0 Å². The molecule has 3 rings (SSSR count). The van der Waals surface area contributed by atoms with E-state index < -0.39 is 11.3 Å². The molecule has 5 nitrogen and oxygen atoms in total. The van der Waals surface area contributed by atoms with E-state index in [9.17, 15) is 9.59 Å². The van der Waals surface area contributed by atoms with Crippen LogP contribution in [0.25, 0.3) is 0 Å². The van der Waals surface area contributed by atoms with Gasteiger partial charge in [0.2, 0.25) is 17.9 Å². The van der Waals surface area contributed by atoms with E-state index in [1.165, 1.54) is 4.90 Å². The lowest BCUT2D eigenvalue weighted by molar-refractivity contribution is -0.118. The summed E-state index contributed by atoms with van der Waals surface area (Å²) in [5.74, 6) is 1.11. The molecule has 0 aliphatic carbocycles. The van der Waals surface area contributed by atoms with Crippen LogP contribution in [-0.2, 0) is 9.59 Å². The van der Waals surface area contributed by atoms with Gasteiger partial charge in [-0.2, -0.15) is 0 Å². The molecular formula is C12H10ClNO4. The summed E-state index contributed by atoms with van der Waals surface area (Å²) in [6, 6.07) is 4.56. The second-order valence-corrected chi connectivity index (χ2v) is 4.53. The van der Waals surface area contributed by atoms with Gasteiger partial charge in [0.1, 0.15) is 6.04 Å². The predicted molar refractivity (Wildman–Crippen MR) is 63.9 cm³/mol. The molecular weight excluding hydrogens is 258 g/mol. The molecule has 0 radical (unpaired) electrons. The third-order valence-electron chi connectivity index (χ3n) is 3.11. The molecule has 0 unspecified atom stereocenters. The molecule has 0 N–H and O–H groups in total. The summed E-state index contributed by atoms with van der Waals surface area (Å²) in [6.07, 6.45) is 0.785. The largest absolute Gasteiger partial charge is 0.454 e. The highest BCUT2D eigenvalue weighted by molar-refractivity contribution is 6.65. The van der Waals surface area contributed by atoms with E-state index in [2.05, 4.69) is 0 Å². The Labute approximate surface area is 108 Å². The normalized spacial score (nSPS) is 21.5. The molecule has 18 heavy (non-hydrogen) atoms. The highest BCUT2D eigenvalue weighted by atomic mass is 35.5. The van der Waals surface area contributed by atoms with Gasteiger partial charge in [0.25, 0.3) is 0 Å². The maximum Gasteiger partial charge on any atom is 0.244 e. The zero-order valence-corrected chi connectivity index (χ0v) is 10.1. The number of amides is 1. The minimum absolute atomic E-state index is 0.104. The van der Waals surface area contributed by atoms with Crippen molar-refractivity contribution in [3.63, 3.8) is 0 Å². The van der Waals surface area contributed by atoms with E-state index in [1.54, 1.807) is 18.2 Å². The fourth-order valence-corrected chi connectivity index (χ4v) is 2.46. The fraction of sp³-hybridized carbons (Fsp3) is 0.333. The average Bonchev–Trinajstić information content (AvgIpc) is 2.93. The van der Waals surface area contributed by atoms with Crippen molar-refractivity contribution in [1.82, 2.24) is 0 Å². The molecule has 0 bridgehead atoms. The average molecular weight is 268 g/mol. The number of rotatable bonds is 2. The SMILES string of the molecule is O=C(Cl)[C@@H]1CCC(=O)N1c1ccc2c(c1)OCO2. The number of carbonyl (C=O) groups is 2. The van der Waals surface area contributed by atoms with Gasteiger partial charge in [0.15, 0.2) is 11.5 Å². The van der Waals surface area contributed by atoms with Crippen molar-refractivity contribution >= 4 is 28.4 Å². The molecule has 0 saturated carbocycles. The molecule has 0 spiro atoms. The number of ether oxygens (including phenoxy) is 2. The monoisotopic (exact) mass is 267 g/mol. The van der Waals surface area contributed by atoms with Gasteiger partial charge in [0, 0.05) is 18.2 Å². The second kappa shape index (κ2) is 4.17. The van der Waals surface area contributed by atoms with Crippen molar-refractivity contribution < 1.29 is 19.1 Å². The number of fused-ring (bicyclic) bond motifs is 1. The Morgan fingerprint density at radius 3 is 2.89 bits per heavy atom. The zero-order chi connectivity index (χ0) is 12.7. The molecule has 1 atom stereocenters. The van der Waals surface area contributed by atoms with Gasteiger partial charge in [-0.05, 0) is 30.2 Å². The number of halogens is 1. The Morgan fingerprint density at radius 2 is 2.11 bits per heavy atom. The number of benzene rings is 1. The van der Waals surface area contributed by atoms with E-state index in [0.717, 1.165) is 0 Å². The van der Waals surface area contributed by atoms with Crippen LogP contribution in [-0.4, -0.2) is 24.0 Å². The fourth-order valence-electron chi connectivity index (χ4n) is 2.26. The number of hydrogen-bond acceptors (Lipinski definition) is 4. The van der Waals surface area contributed by atoms with E-state index in [1.807, 2.05) is 0 Å². The first kappa shape index (κ1) is 11.3. The van der Waals surface area contributed by atoms with E-state index in [-0.39, 0.29) is 12.7 Å². The molecule has 94 valence electrons. The first-order chi connectivity index (χ1) is 8.66. The van der Waals surface area contributed by atoms with Gasteiger partial charge in [0.05, 0.1) is 0 Å². The summed E-state index contributed by atoms with van der Waals surface area (Å²) >= 11 is 5.52. The minimum atomic E-state index is -0.584. The maximum absolute atomic E-state index is 11.8. The summed E-state index contributed by atoms with van der Waals surface area (Å²) in [7, 11) is 0. The summed E-state index contributed by atoms with van der Waals surface area (Å²) in [4.78, 5) is 24.6. The van der Waals surface area contributed by atoms with Crippen LogP contribution in [0.2, 0.25) is 0 Å². The third-order valence-corrected chi connectivity index (χ3v) is 3.36. The maximum atomic E-state index is 11.8. The molecule has 1 fully saturated rings. The van der Waals surface area contributed by atoms with Gasteiger partial charge in [-0.25, -0.2) is 0 Å². The Bertz CT molecular complexity index is 531. The first-order valence-electron chi connectivity index (χ1n) is 5.58. The number of nitrogens with zero attached hydrogens (tertiary/aromatic N) is 1. The zero-order valence-electron chi connectivity index (χ0n) is 9.39.